The van der Waals surface area contributed by atoms with E-state index in [1.165, 1.54) is 12.1 Å². The van der Waals surface area contributed by atoms with Crippen molar-refractivity contribution in [2.24, 2.45) is 0 Å². The average Bonchev–Trinajstić information content (AvgIpc) is 3.35. The monoisotopic (exact) mass is 380 g/mol. The number of benzene rings is 1. The summed E-state index contributed by atoms with van der Waals surface area (Å²) >= 11 is 0. The van der Waals surface area contributed by atoms with Crippen molar-refractivity contribution in [1.29, 1.82) is 0 Å². The van der Waals surface area contributed by atoms with Gasteiger partial charge in [0.05, 0.1) is 16.9 Å². The van der Waals surface area contributed by atoms with E-state index in [4.69, 9.17) is 0 Å². The smallest absolute Gasteiger partial charge is 0.230 e. The second-order valence-corrected chi connectivity index (χ2v) is 10.2. The highest BCUT2D eigenvalue weighted by Crippen LogP contribution is 2.48. The fourth-order valence-electron chi connectivity index (χ4n) is 4.34. The molecule has 1 amide bonds. The van der Waals surface area contributed by atoms with Gasteiger partial charge < -0.3 is 5.32 Å². The molecule has 0 radical (unpaired) electrons. The van der Waals surface area contributed by atoms with Gasteiger partial charge in [0.25, 0.3) is 0 Å². The molecule has 0 bridgehead atoms. The van der Waals surface area contributed by atoms with Crippen molar-refractivity contribution in [1.82, 2.24) is 10.2 Å². The van der Waals surface area contributed by atoms with E-state index < -0.39 is 15.3 Å². The summed E-state index contributed by atoms with van der Waals surface area (Å²) in [5.74, 6) is 0.337. The molecule has 142 valence electrons. The second-order valence-electron chi connectivity index (χ2n) is 7.93. The van der Waals surface area contributed by atoms with Crippen LogP contribution in [0.5, 0.6) is 0 Å². The lowest BCUT2D eigenvalue weighted by Gasteiger charge is -2.36. The van der Waals surface area contributed by atoms with E-state index in [9.17, 15) is 17.6 Å². The summed E-state index contributed by atoms with van der Waals surface area (Å²) in [6.45, 7) is 1.66. The second kappa shape index (κ2) is 6.60. The summed E-state index contributed by atoms with van der Waals surface area (Å²) < 4.78 is 36.5. The topological polar surface area (TPSA) is 66.5 Å². The van der Waals surface area contributed by atoms with Crippen LogP contribution < -0.4 is 5.32 Å². The van der Waals surface area contributed by atoms with Gasteiger partial charge in [0.2, 0.25) is 5.91 Å². The highest BCUT2D eigenvalue weighted by atomic mass is 32.2. The first-order valence-corrected chi connectivity index (χ1v) is 11.2. The molecule has 1 saturated carbocycles. The zero-order chi connectivity index (χ0) is 18.4. The van der Waals surface area contributed by atoms with Crippen LogP contribution >= 0.6 is 0 Å². The molecular weight excluding hydrogens is 355 g/mol. The van der Waals surface area contributed by atoms with E-state index in [0.29, 0.717) is 5.75 Å². The molecule has 26 heavy (non-hydrogen) atoms. The van der Waals surface area contributed by atoms with Gasteiger partial charge in [-0.25, -0.2) is 12.8 Å². The maximum absolute atomic E-state index is 13.1. The Morgan fingerprint density at radius 2 is 1.77 bits per heavy atom. The van der Waals surface area contributed by atoms with Crippen LogP contribution in [-0.2, 0) is 20.0 Å². The van der Waals surface area contributed by atoms with Crippen molar-refractivity contribution in [3.63, 3.8) is 0 Å². The van der Waals surface area contributed by atoms with Crippen LogP contribution in [0.3, 0.4) is 0 Å². The van der Waals surface area contributed by atoms with E-state index in [1.807, 2.05) is 0 Å². The summed E-state index contributed by atoms with van der Waals surface area (Å²) in [4.78, 5) is 15.1. The molecule has 5 nitrogen and oxygen atoms in total. The molecule has 1 N–H and O–H groups in total. The fourth-order valence-corrected chi connectivity index (χ4v) is 6.10. The molecule has 0 aromatic heterocycles. The summed E-state index contributed by atoms with van der Waals surface area (Å²) in [6, 6.07) is 6.53. The zero-order valence-corrected chi connectivity index (χ0v) is 15.6. The minimum absolute atomic E-state index is 0.0472. The molecule has 7 heteroatoms. The highest BCUT2D eigenvalue weighted by molar-refractivity contribution is 7.91. The van der Waals surface area contributed by atoms with Gasteiger partial charge in [-0.2, -0.15) is 0 Å². The third-order valence-corrected chi connectivity index (χ3v) is 7.92. The maximum Gasteiger partial charge on any atom is 0.230 e. The lowest BCUT2D eigenvalue weighted by atomic mass is 9.93. The minimum atomic E-state index is -2.86. The van der Waals surface area contributed by atoms with Gasteiger partial charge in [0, 0.05) is 25.2 Å². The third-order valence-electron chi connectivity index (χ3n) is 6.17. The van der Waals surface area contributed by atoms with Gasteiger partial charge >= 0.3 is 0 Å². The molecule has 0 unspecified atom stereocenters. The van der Waals surface area contributed by atoms with E-state index in [-0.39, 0.29) is 29.6 Å². The number of nitrogens with zero attached hydrogens (tertiary/aromatic N) is 1. The Morgan fingerprint density at radius 1 is 1.12 bits per heavy atom. The first-order chi connectivity index (χ1) is 12.4. The number of rotatable bonds is 4. The first-order valence-electron chi connectivity index (χ1n) is 9.39. The van der Waals surface area contributed by atoms with Crippen molar-refractivity contribution < 1.29 is 17.6 Å². The predicted molar refractivity (Wildman–Crippen MR) is 97.1 cm³/mol. The standard InChI is InChI=1S/C19H25FN2O3S/c20-15-3-1-14(2-4-15)19(8-9-19)18(23)21-16-5-10-22(11-6-16)17-7-12-26(24,25)13-17/h1-4,16-17H,5-13H2,(H,21,23)/t17-/m1/s1. The number of halogens is 1. The Hall–Kier alpha value is -1.47. The normalized spacial score (nSPS) is 28.0. The summed E-state index contributed by atoms with van der Waals surface area (Å²) in [7, 11) is -2.86. The van der Waals surface area contributed by atoms with Crippen molar-refractivity contribution in [2.45, 2.75) is 49.6 Å². The van der Waals surface area contributed by atoms with Crippen LogP contribution in [0.4, 0.5) is 4.39 Å². The molecule has 3 aliphatic rings. The lowest BCUT2D eigenvalue weighted by molar-refractivity contribution is -0.124. The van der Waals surface area contributed by atoms with Crippen molar-refractivity contribution >= 4 is 15.7 Å². The molecule has 1 aromatic carbocycles. The van der Waals surface area contributed by atoms with Crippen LogP contribution in [0.1, 0.15) is 37.7 Å². The largest absolute Gasteiger partial charge is 0.353 e. The number of amides is 1. The molecule has 4 rings (SSSR count). The molecule has 0 spiro atoms. The average molecular weight is 380 g/mol. The summed E-state index contributed by atoms with van der Waals surface area (Å²) in [5, 5.41) is 3.18. The SMILES string of the molecule is O=C(NC1CCN([C@@H]2CCS(=O)(=O)C2)CC1)C1(c2ccc(F)cc2)CC1. The molecule has 1 atom stereocenters. The minimum Gasteiger partial charge on any atom is -0.353 e. The number of sulfone groups is 1. The van der Waals surface area contributed by atoms with Crippen LogP contribution in [0, 0.1) is 5.82 Å². The molecule has 1 aliphatic carbocycles. The Balaban J connectivity index is 1.32. The zero-order valence-electron chi connectivity index (χ0n) is 14.8. The Morgan fingerprint density at radius 3 is 2.31 bits per heavy atom. The predicted octanol–water partition coefficient (Wildman–Crippen LogP) is 1.62. The van der Waals surface area contributed by atoms with Gasteiger partial charge in [-0.15, -0.1) is 0 Å². The fraction of sp³-hybridized carbons (Fsp3) is 0.632. The quantitative estimate of drug-likeness (QED) is 0.862. The molecule has 2 aliphatic heterocycles. The number of nitrogens with one attached hydrogen (secondary N) is 1. The van der Waals surface area contributed by atoms with E-state index in [2.05, 4.69) is 10.2 Å². The number of likely N-dealkylation sites (tertiary alicyclic amines) is 1. The van der Waals surface area contributed by atoms with E-state index in [1.54, 1.807) is 12.1 Å². The van der Waals surface area contributed by atoms with Crippen molar-refractivity contribution in [2.75, 3.05) is 24.6 Å². The molecule has 1 aromatic rings. The van der Waals surface area contributed by atoms with Crippen LogP contribution in [0.25, 0.3) is 0 Å². The van der Waals surface area contributed by atoms with E-state index in [0.717, 1.165) is 50.8 Å². The number of piperidine rings is 1. The highest BCUT2D eigenvalue weighted by Gasteiger charge is 2.51. The Kier molecular flexibility index (Phi) is 4.55. The first kappa shape index (κ1) is 17.9. The number of hydrogen-bond donors (Lipinski definition) is 1. The molecule has 2 saturated heterocycles. The van der Waals surface area contributed by atoms with Crippen molar-refractivity contribution in [3.05, 3.63) is 35.6 Å². The van der Waals surface area contributed by atoms with Crippen molar-refractivity contribution in [3.8, 4) is 0 Å². The number of hydrogen-bond acceptors (Lipinski definition) is 4. The number of carbonyl (C=O) groups is 1. The lowest BCUT2D eigenvalue weighted by Crippen LogP contribution is -2.50. The van der Waals surface area contributed by atoms with Gasteiger partial charge in [-0.1, -0.05) is 12.1 Å². The summed E-state index contributed by atoms with van der Waals surface area (Å²) in [5.41, 5.74) is 0.412. The van der Waals surface area contributed by atoms with Gasteiger partial charge in [-0.05, 0) is 49.8 Å². The van der Waals surface area contributed by atoms with Crippen LogP contribution in [0.15, 0.2) is 24.3 Å². The Bertz CT molecular complexity index is 782. The van der Waals surface area contributed by atoms with Gasteiger partial charge in [0.15, 0.2) is 9.84 Å². The Labute approximate surface area is 153 Å². The summed E-state index contributed by atoms with van der Waals surface area (Å²) in [6.07, 6.45) is 4.04. The van der Waals surface area contributed by atoms with Gasteiger partial charge in [-0.3, -0.25) is 9.69 Å². The molecule has 2 heterocycles. The number of carbonyl (C=O) groups excluding carboxylic acids is 1. The van der Waals surface area contributed by atoms with E-state index >= 15 is 0 Å². The van der Waals surface area contributed by atoms with Gasteiger partial charge in [0.1, 0.15) is 5.82 Å². The molecule has 3 fully saturated rings. The third kappa shape index (κ3) is 3.51. The molecular formula is C19H25FN2O3S. The van der Waals surface area contributed by atoms with Crippen LogP contribution in [-0.4, -0.2) is 55.9 Å². The maximum atomic E-state index is 13.1. The van der Waals surface area contributed by atoms with Crippen LogP contribution in [0.2, 0.25) is 0 Å².